The number of rotatable bonds is 5. The van der Waals surface area contributed by atoms with Crippen LogP contribution in [0.2, 0.25) is 0 Å². The van der Waals surface area contributed by atoms with Crippen molar-refractivity contribution in [3.8, 4) is 5.82 Å². The molecule has 0 bridgehead atoms. The number of carbonyl (C=O) groups is 1. The first-order valence-electron chi connectivity index (χ1n) is 8.11. The van der Waals surface area contributed by atoms with Crippen LogP contribution in [0.1, 0.15) is 35.8 Å². The molecule has 1 unspecified atom stereocenters. The normalized spacial score (nSPS) is 12.0. The first kappa shape index (κ1) is 16.8. The molecule has 0 N–H and O–H groups in total. The number of amides is 1. The van der Waals surface area contributed by atoms with Gasteiger partial charge in [-0.25, -0.2) is 14.4 Å². The highest BCUT2D eigenvalue weighted by atomic mass is 19.1. The van der Waals surface area contributed by atoms with Gasteiger partial charge in [-0.1, -0.05) is 12.1 Å². The number of hydrogen-bond donors (Lipinski definition) is 0. The molecule has 0 fully saturated rings. The van der Waals surface area contributed by atoms with Gasteiger partial charge in [0, 0.05) is 25.1 Å². The van der Waals surface area contributed by atoms with Gasteiger partial charge in [0.1, 0.15) is 18.0 Å². The molecule has 0 aliphatic heterocycles. The zero-order valence-corrected chi connectivity index (χ0v) is 14.1. The van der Waals surface area contributed by atoms with E-state index in [0.29, 0.717) is 17.9 Å². The highest BCUT2D eigenvalue weighted by Gasteiger charge is 2.21. The largest absolute Gasteiger partial charge is 0.332 e. The number of carbonyl (C=O) groups excluding carboxylic acids is 1. The van der Waals surface area contributed by atoms with Gasteiger partial charge in [-0.15, -0.1) is 0 Å². The van der Waals surface area contributed by atoms with E-state index in [2.05, 4.69) is 9.97 Å². The lowest BCUT2D eigenvalue weighted by atomic mass is 10.1. The van der Waals surface area contributed by atoms with Crippen molar-refractivity contribution in [2.24, 2.45) is 0 Å². The van der Waals surface area contributed by atoms with Gasteiger partial charge >= 0.3 is 0 Å². The molecule has 1 atom stereocenters. The molecule has 3 rings (SSSR count). The second-order valence-corrected chi connectivity index (χ2v) is 5.69. The molecule has 128 valence electrons. The predicted molar refractivity (Wildman–Crippen MR) is 92.9 cm³/mol. The SMILES string of the molecule is CCN(C(=O)c1ccc(-n2ccnc2)nc1)C(C)c1ccc(F)cc1. The molecular formula is C19H19FN4O. The zero-order chi connectivity index (χ0) is 17.8. The van der Waals surface area contributed by atoms with Crippen LogP contribution >= 0.6 is 0 Å². The molecule has 0 aliphatic rings. The Balaban J connectivity index is 1.80. The summed E-state index contributed by atoms with van der Waals surface area (Å²) in [5.74, 6) is 0.303. The lowest BCUT2D eigenvalue weighted by Crippen LogP contribution is -2.33. The Bertz CT molecular complexity index is 829. The monoisotopic (exact) mass is 338 g/mol. The third-order valence-electron chi connectivity index (χ3n) is 4.19. The summed E-state index contributed by atoms with van der Waals surface area (Å²) < 4.78 is 14.9. The minimum absolute atomic E-state index is 0.107. The Morgan fingerprint density at radius 3 is 2.56 bits per heavy atom. The van der Waals surface area contributed by atoms with Crippen LogP contribution in [-0.2, 0) is 0 Å². The Labute approximate surface area is 145 Å². The molecule has 0 radical (unpaired) electrons. The Morgan fingerprint density at radius 2 is 2.00 bits per heavy atom. The lowest BCUT2D eigenvalue weighted by Gasteiger charge is -2.28. The van der Waals surface area contributed by atoms with Crippen LogP contribution in [0.15, 0.2) is 61.3 Å². The molecule has 0 saturated carbocycles. The van der Waals surface area contributed by atoms with Gasteiger partial charge in [0.25, 0.3) is 5.91 Å². The summed E-state index contributed by atoms with van der Waals surface area (Å²) in [5, 5.41) is 0. The van der Waals surface area contributed by atoms with Gasteiger partial charge in [0.05, 0.1) is 11.6 Å². The zero-order valence-electron chi connectivity index (χ0n) is 14.1. The van der Waals surface area contributed by atoms with Crippen molar-refractivity contribution in [1.29, 1.82) is 0 Å². The summed E-state index contributed by atoms with van der Waals surface area (Å²) in [6.07, 6.45) is 6.68. The van der Waals surface area contributed by atoms with Crippen molar-refractivity contribution in [3.05, 3.63) is 78.3 Å². The van der Waals surface area contributed by atoms with Gasteiger partial charge in [0.15, 0.2) is 0 Å². The van der Waals surface area contributed by atoms with E-state index in [1.54, 1.807) is 58.7 Å². The van der Waals surface area contributed by atoms with E-state index in [0.717, 1.165) is 5.56 Å². The van der Waals surface area contributed by atoms with Gasteiger partial charge in [0.2, 0.25) is 0 Å². The Kier molecular flexibility index (Phi) is 4.88. The molecule has 5 nitrogen and oxygen atoms in total. The van der Waals surface area contributed by atoms with Crippen molar-refractivity contribution in [3.63, 3.8) is 0 Å². The van der Waals surface area contributed by atoms with Crippen LogP contribution < -0.4 is 0 Å². The molecule has 0 spiro atoms. The van der Waals surface area contributed by atoms with Gasteiger partial charge in [-0.2, -0.15) is 0 Å². The number of pyridine rings is 1. The van der Waals surface area contributed by atoms with Crippen molar-refractivity contribution in [2.45, 2.75) is 19.9 Å². The second-order valence-electron chi connectivity index (χ2n) is 5.69. The number of nitrogens with zero attached hydrogens (tertiary/aromatic N) is 4. The summed E-state index contributed by atoms with van der Waals surface area (Å²) in [6.45, 7) is 4.40. The van der Waals surface area contributed by atoms with Crippen molar-refractivity contribution in [1.82, 2.24) is 19.4 Å². The third-order valence-corrected chi connectivity index (χ3v) is 4.19. The van der Waals surface area contributed by atoms with E-state index in [4.69, 9.17) is 0 Å². The maximum absolute atomic E-state index is 13.1. The van der Waals surface area contributed by atoms with Crippen LogP contribution in [0.25, 0.3) is 5.82 Å². The van der Waals surface area contributed by atoms with E-state index in [9.17, 15) is 9.18 Å². The topological polar surface area (TPSA) is 51.0 Å². The highest BCUT2D eigenvalue weighted by molar-refractivity contribution is 5.94. The van der Waals surface area contributed by atoms with E-state index in [1.807, 2.05) is 13.8 Å². The summed E-state index contributed by atoms with van der Waals surface area (Å²) in [5.41, 5.74) is 1.40. The molecule has 2 heterocycles. The highest BCUT2D eigenvalue weighted by Crippen LogP contribution is 2.22. The lowest BCUT2D eigenvalue weighted by molar-refractivity contribution is 0.0702. The van der Waals surface area contributed by atoms with Gasteiger partial charge in [-0.05, 0) is 43.7 Å². The maximum Gasteiger partial charge on any atom is 0.255 e. The van der Waals surface area contributed by atoms with E-state index in [1.165, 1.54) is 12.1 Å². The van der Waals surface area contributed by atoms with Crippen molar-refractivity contribution < 1.29 is 9.18 Å². The quantitative estimate of drug-likeness (QED) is 0.714. The number of hydrogen-bond acceptors (Lipinski definition) is 3. The van der Waals surface area contributed by atoms with Crippen LogP contribution in [-0.4, -0.2) is 31.9 Å². The Morgan fingerprint density at radius 1 is 1.24 bits per heavy atom. The minimum Gasteiger partial charge on any atom is -0.332 e. The van der Waals surface area contributed by atoms with Crippen molar-refractivity contribution >= 4 is 5.91 Å². The first-order chi connectivity index (χ1) is 12.1. The minimum atomic E-state index is -0.287. The Hall–Kier alpha value is -3.02. The number of imidazole rings is 1. The molecule has 0 saturated heterocycles. The molecule has 0 aliphatic carbocycles. The molecule has 3 aromatic rings. The third kappa shape index (κ3) is 3.57. The number of aromatic nitrogens is 3. The standard InChI is InChI=1S/C19H19FN4O/c1-3-24(14(2)15-4-7-17(20)8-5-15)19(25)16-6-9-18(22-12-16)23-11-10-21-13-23/h4-14H,3H2,1-2H3. The van der Waals surface area contributed by atoms with E-state index < -0.39 is 0 Å². The summed E-state index contributed by atoms with van der Waals surface area (Å²) in [6, 6.07) is 9.60. The summed E-state index contributed by atoms with van der Waals surface area (Å²) >= 11 is 0. The van der Waals surface area contributed by atoms with E-state index in [-0.39, 0.29) is 17.8 Å². The van der Waals surface area contributed by atoms with E-state index >= 15 is 0 Å². The summed E-state index contributed by atoms with van der Waals surface area (Å²) in [7, 11) is 0. The van der Waals surface area contributed by atoms with Crippen LogP contribution in [0.4, 0.5) is 4.39 Å². The number of halogens is 1. The van der Waals surface area contributed by atoms with Gasteiger partial charge in [-0.3, -0.25) is 9.36 Å². The van der Waals surface area contributed by atoms with Crippen LogP contribution in [0.3, 0.4) is 0 Å². The fourth-order valence-electron chi connectivity index (χ4n) is 2.74. The second kappa shape index (κ2) is 7.25. The number of benzene rings is 1. The average molecular weight is 338 g/mol. The summed E-state index contributed by atoms with van der Waals surface area (Å²) in [4.78, 5) is 22.9. The van der Waals surface area contributed by atoms with Crippen LogP contribution in [0, 0.1) is 5.82 Å². The molecule has 25 heavy (non-hydrogen) atoms. The average Bonchev–Trinajstić information content (AvgIpc) is 3.17. The van der Waals surface area contributed by atoms with Crippen molar-refractivity contribution in [2.75, 3.05) is 6.54 Å². The molecular weight excluding hydrogens is 319 g/mol. The molecule has 1 amide bonds. The van der Waals surface area contributed by atoms with Crippen LogP contribution in [0.5, 0.6) is 0 Å². The molecule has 6 heteroatoms. The first-order valence-corrected chi connectivity index (χ1v) is 8.11. The maximum atomic E-state index is 13.1. The predicted octanol–water partition coefficient (Wildman–Crippen LogP) is 3.63. The molecule has 2 aromatic heterocycles. The molecule has 1 aromatic carbocycles. The fourth-order valence-corrected chi connectivity index (χ4v) is 2.74. The smallest absolute Gasteiger partial charge is 0.255 e. The fraction of sp³-hybridized carbons (Fsp3) is 0.211. The van der Waals surface area contributed by atoms with Gasteiger partial charge < -0.3 is 4.90 Å².